The summed E-state index contributed by atoms with van der Waals surface area (Å²) in [6.07, 6.45) is 2.63. The number of esters is 1. The number of nitrogens with zero attached hydrogens (tertiary/aromatic N) is 1. The summed E-state index contributed by atoms with van der Waals surface area (Å²) < 4.78 is 36.9. The van der Waals surface area contributed by atoms with Gasteiger partial charge in [0.15, 0.2) is 5.69 Å². The van der Waals surface area contributed by atoms with E-state index >= 15 is 0 Å². The van der Waals surface area contributed by atoms with Crippen LogP contribution in [0.15, 0.2) is 71.3 Å². The molecule has 0 aliphatic heterocycles. The molecule has 0 spiro atoms. The molecule has 3 rings (SSSR count). The third kappa shape index (κ3) is 12.4. The highest BCUT2D eigenvalue weighted by molar-refractivity contribution is 5.97. The standard InChI is InChI=1S/C34H39F2N5O7/c1-20(2)31(40-33(45)28-18-21(3)48-41-28)34(46)39-27(19-23-6-10-25(36)11-7-23)32(44)38-26(12-14-29(37)42)13-15-30(43)47-17-16-22-4-8-24(35)9-5-22/h4-11,13,15,18,20,26-27,31H,12,14,16-17,19H2,1-3H3,(H2,37,42)(H,38,44)(H,39,46)(H,40,45)/b15-13+/t26-,27-,31-/m0/s1. The Hall–Kier alpha value is -5.40. The maximum Gasteiger partial charge on any atom is 0.330 e. The second kappa shape index (κ2) is 18.1. The van der Waals surface area contributed by atoms with Gasteiger partial charge in [-0.1, -0.05) is 49.3 Å². The molecule has 48 heavy (non-hydrogen) atoms. The molecule has 0 saturated carbocycles. The number of halogens is 2. The summed E-state index contributed by atoms with van der Waals surface area (Å²) >= 11 is 0. The molecule has 12 nitrogen and oxygen atoms in total. The number of aromatic nitrogens is 1. The fraction of sp³-hybridized carbons (Fsp3) is 0.353. The van der Waals surface area contributed by atoms with Crippen LogP contribution in [0.3, 0.4) is 0 Å². The third-order valence-electron chi connectivity index (χ3n) is 7.12. The van der Waals surface area contributed by atoms with Crippen LogP contribution in [0, 0.1) is 24.5 Å². The SMILES string of the molecule is Cc1cc(C(=O)N[C@H](C(=O)N[C@@H](Cc2ccc(F)cc2)C(=O)N[C@H](/C=C/C(=O)OCCc2ccc(F)cc2)CCC(N)=O)C(C)C)no1. The van der Waals surface area contributed by atoms with Crippen LogP contribution in [0.1, 0.15) is 54.1 Å². The summed E-state index contributed by atoms with van der Waals surface area (Å²) in [4.78, 5) is 63.8. The van der Waals surface area contributed by atoms with Crippen molar-refractivity contribution in [1.29, 1.82) is 0 Å². The number of nitrogens with one attached hydrogen (secondary N) is 3. The van der Waals surface area contributed by atoms with Crippen molar-refractivity contribution in [2.45, 2.75) is 64.6 Å². The molecule has 0 fully saturated rings. The second-order valence-corrected chi connectivity index (χ2v) is 11.4. The molecule has 0 bridgehead atoms. The summed E-state index contributed by atoms with van der Waals surface area (Å²) in [7, 11) is 0. The number of hydrogen-bond donors (Lipinski definition) is 4. The highest BCUT2D eigenvalue weighted by Gasteiger charge is 2.30. The quantitative estimate of drug-likeness (QED) is 0.125. The van der Waals surface area contributed by atoms with E-state index in [4.69, 9.17) is 15.0 Å². The van der Waals surface area contributed by atoms with Crippen LogP contribution in [0.2, 0.25) is 0 Å². The van der Waals surface area contributed by atoms with E-state index in [2.05, 4.69) is 21.1 Å². The van der Waals surface area contributed by atoms with Crippen LogP contribution in [0.25, 0.3) is 0 Å². The Morgan fingerprint density at radius 3 is 2.10 bits per heavy atom. The lowest BCUT2D eigenvalue weighted by Gasteiger charge is -2.26. The average molecular weight is 668 g/mol. The van der Waals surface area contributed by atoms with Crippen molar-refractivity contribution in [2.75, 3.05) is 6.61 Å². The molecular weight excluding hydrogens is 628 g/mol. The van der Waals surface area contributed by atoms with Crippen molar-refractivity contribution in [3.63, 3.8) is 0 Å². The largest absolute Gasteiger partial charge is 0.462 e. The number of carbonyl (C=O) groups is 5. The highest BCUT2D eigenvalue weighted by atomic mass is 19.1. The van der Waals surface area contributed by atoms with Crippen molar-refractivity contribution in [1.82, 2.24) is 21.1 Å². The van der Waals surface area contributed by atoms with Crippen molar-refractivity contribution in [3.8, 4) is 0 Å². The molecule has 1 heterocycles. The molecule has 256 valence electrons. The summed E-state index contributed by atoms with van der Waals surface area (Å²) in [5, 5.41) is 11.7. The lowest BCUT2D eigenvalue weighted by atomic mass is 10.00. The van der Waals surface area contributed by atoms with E-state index in [0.717, 1.165) is 11.6 Å². The van der Waals surface area contributed by atoms with Crippen LogP contribution >= 0.6 is 0 Å². The first-order valence-electron chi connectivity index (χ1n) is 15.3. The van der Waals surface area contributed by atoms with Gasteiger partial charge in [-0.05, 0) is 54.7 Å². The minimum Gasteiger partial charge on any atom is -0.462 e. The van der Waals surface area contributed by atoms with Crippen LogP contribution < -0.4 is 21.7 Å². The Balaban J connectivity index is 1.74. The topological polar surface area (TPSA) is 183 Å². The summed E-state index contributed by atoms with van der Waals surface area (Å²) in [6.45, 7) is 5.04. The molecule has 0 aliphatic rings. The normalized spacial score (nSPS) is 13.0. The summed E-state index contributed by atoms with van der Waals surface area (Å²) in [5.74, 6) is -4.24. The van der Waals surface area contributed by atoms with Crippen LogP contribution in [-0.4, -0.2) is 59.5 Å². The minimum atomic E-state index is -1.22. The van der Waals surface area contributed by atoms with E-state index in [1.807, 2.05) is 0 Å². The third-order valence-corrected chi connectivity index (χ3v) is 7.12. The lowest BCUT2D eigenvalue weighted by Crippen LogP contribution is -2.56. The Morgan fingerprint density at radius 2 is 1.54 bits per heavy atom. The number of rotatable bonds is 17. The molecular formula is C34H39F2N5O7. The number of aryl methyl sites for hydroxylation is 1. The van der Waals surface area contributed by atoms with Gasteiger partial charge in [-0.2, -0.15) is 0 Å². The molecule has 0 aliphatic carbocycles. The van der Waals surface area contributed by atoms with Gasteiger partial charge in [-0.3, -0.25) is 19.2 Å². The highest BCUT2D eigenvalue weighted by Crippen LogP contribution is 2.11. The van der Waals surface area contributed by atoms with E-state index in [0.29, 0.717) is 17.7 Å². The zero-order chi connectivity index (χ0) is 35.2. The fourth-order valence-corrected chi connectivity index (χ4v) is 4.51. The predicted molar refractivity (Wildman–Crippen MR) is 170 cm³/mol. The number of primary amides is 1. The van der Waals surface area contributed by atoms with Gasteiger partial charge in [-0.15, -0.1) is 0 Å². The van der Waals surface area contributed by atoms with E-state index in [1.54, 1.807) is 32.9 Å². The van der Waals surface area contributed by atoms with Crippen LogP contribution in [0.4, 0.5) is 8.78 Å². The molecule has 0 saturated heterocycles. The zero-order valence-electron chi connectivity index (χ0n) is 26.8. The first-order valence-corrected chi connectivity index (χ1v) is 15.3. The average Bonchev–Trinajstić information content (AvgIpc) is 3.48. The molecule has 0 radical (unpaired) electrons. The summed E-state index contributed by atoms with van der Waals surface area (Å²) in [5.41, 5.74) is 6.58. The fourth-order valence-electron chi connectivity index (χ4n) is 4.51. The van der Waals surface area contributed by atoms with E-state index in [9.17, 15) is 32.8 Å². The Labute approximate surface area is 276 Å². The molecule has 1 aromatic heterocycles. The minimum absolute atomic E-state index is 0.0166. The monoisotopic (exact) mass is 667 g/mol. The molecule has 4 amide bonds. The van der Waals surface area contributed by atoms with Gasteiger partial charge in [0, 0.05) is 37.4 Å². The maximum atomic E-state index is 13.6. The van der Waals surface area contributed by atoms with Crippen LogP contribution in [-0.2, 0) is 36.8 Å². The van der Waals surface area contributed by atoms with Gasteiger partial charge in [0.1, 0.15) is 29.5 Å². The first kappa shape index (κ1) is 37.1. The first-order chi connectivity index (χ1) is 22.8. The van der Waals surface area contributed by atoms with Gasteiger partial charge in [-0.25, -0.2) is 13.6 Å². The zero-order valence-corrected chi connectivity index (χ0v) is 26.8. The van der Waals surface area contributed by atoms with Crippen molar-refractivity contribution in [2.24, 2.45) is 11.7 Å². The van der Waals surface area contributed by atoms with Crippen molar-refractivity contribution >= 4 is 29.6 Å². The molecule has 0 unspecified atom stereocenters. The number of ether oxygens (including phenoxy) is 1. The smallest absolute Gasteiger partial charge is 0.330 e. The number of nitrogens with two attached hydrogens (primary N) is 1. The number of benzene rings is 2. The van der Waals surface area contributed by atoms with Crippen molar-refractivity contribution < 1.29 is 42.0 Å². The summed E-state index contributed by atoms with van der Waals surface area (Å²) in [6, 6.07) is 9.33. The molecule has 3 atom stereocenters. The van der Waals surface area contributed by atoms with E-state index in [-0.39, 0.29) is 37.4 Å². The van der Waals surface area contributed by atoms with Gasteiger partial charge < -0.3 is 30.9 Å². The second-order valence-electron chi connectivity index (χ2n) is 11.4. The Kier molecular flexibility index (Phi) is 14.0. The predicted octanol–water partition coefficient (Wildman–Crippen LogP) is 2.84. The van der Waals surface area contributed by atoms with Crippen molar-refractivity contribution in [3.05, 3.63) is 101 Å². The Morgan fingerprint density at radius 1 is 0.917 bits per heavy atom. The lowest BCUT2D eigenvalue weighted by molar-refractivity contribution is -0.137. The maximum absolute atomic E-state index is 13.6. The van der Waals surface area contributed by atoms with Gasteiger partial charge in [0.25, 0.3) is 5.91 Å². The van der Waals surface area contributed by atoms with Gasteiger partial charge >= 0.3 is 5.97 Å². The molecule has 14 heteroatoms. The van der Waals surface area contributed by atoms with Gasteiger partial charge in [0.05, 0.1) is 6.61 Å². The molecule has 5 N–H and O–H groups in total. The molecule has 2 aromatic carbocycles. The molecule has 3 aromatic rings. The Bertz CT molecular complexity index is 1590. The number of amides is 4. The number of carbonyl (C=O) groups excluding carboxylic acids is 5. The van der Waals surface area contributed by atoms with E-state index < -0.39 is 59.5 Å². The van der Waals surface area contributed by atoms with E-state index in [1.165, 1.54) is 48.5 Å². The van der Waals surface area contributed by atoms with Gasteiger partial charge in [0.2, 0.25) is 17.7 Å². The number of hydrogen-bond acceptors (Lipinski definition) is 8. The van der Waals surface area contributed by atoms with Crippen LogP contribution in [0.5, 0.6) is 0 Å².